The van der Waals surface area contributed by atoms with Crippen LogP contribution in [0.5, 0.6) is 5.75 Å². The second kappa shape index (κ2) is 13.0. The highest BCUT2D eigenvalue weighted by Crippen LogP contribution is 2.40. The van der Waals surface area contributed by atoms with E-state index in [-0.39, 0.29) is 5.91 Å². The summed E-state index contributed by atoms with van der Waals surface area (Å²) in [6.45, 7) is 8.17. The van der Waals surface area contributed by atoms with Crippen molar-refractivity contribution in [1.82, 2.24) is 30.0 Å². The number of methoxy groups -OCH3 is 1. The Balaban J connectivity index is 1.23. The number of anilines is 4. The molecule has 0 unspecified atom stereocenters. The maximum atomic E-state index is 12.5. The van der Waals surface area contributed by atoms with Crippen LogP contribution in [0.25, 0.3) is 22.2 Å². The monoisotopic (exact) mass is 595 g/mol. The van der Waals surface area contributed by atoms with Crippen LogP contribution in [0.1, 0.15) is 25.7 Å². The molecular weight excluding hydrogens is 554 g/mol. The van der Waals surface area contributed by atoms with E-state index < -0.39 is 0 Å². The van der Waals surface area contributed by atoms with Crippen molar-refractivity contribution in [3.8, 4) is 17.0 Å². The van der Waals surface area contributed by atoms with Crippen LogP contribution in [0.2, 0.25) is 0 Å². The summed E-state index contributed by atoms with van der Waals surface area (Å²) in [7, 11) is 5.97. The average molecular weight is 596 g/mol. The van der Waals surface area contributed by atoms with Crippen molar-refractivity contribution in [2.75, 3.05) is 62.9 Å². The van der Waals surface area contributed by atoms with Crippen molar-refractivity contribution in [3.05, 3.63) is 61.6 Å². The minimum absolute atomic E-state index is 0.271. The number of likely N-dealkylation sites (tertiary alicyclic amines) is 2. The van der Waals surface area contributed by atoms with E-state index in [0.717, 1.165) is 53.8 Å². The summed E-state index contributed by atoms with van der Waals surface area (Å²) in [4.78, 5) is 28.9. The summed E-state index contributed by atoms with van der Waals surface area (Å²) in [6, 6.07) is 12.8. The number of carbonyl (C=O) groups is 1. The zero-order valence-electron chi connectivity index (χ0n) is 25.7. The van der Waals surface area contributed by atoms with E-state index >= 15 is 0 Å². The Kier molecular flexibility index (Phi) is 8.76. The van der Waals surface area contributed by atoms with Gasteiger partial charge in [-0.15, -0.1) is 0 Å². The fourth-order valence-electron chi connectivity index (χ4n) is 6.43. The molecule has 11 nitrogen and oxygen atoms in total. The molecule has 11 heteroatoms. The van der Waals surface area contributed by atoms with Crippen LogP contribution in [0, 0.1) is 0 Å². The molecule has 2 aliphatic rings. The molecule has 6 rings (SSSR count). The van der Waals surface area contributed by atoms with Gasteiger partial charge in [-0.3, -0.25) is 9.89 Å². The van der Waals surface area contributed by atoms with Crippen LogP contribution >= 0.6 is 0 Å². The van der Waals surface area contributed by atoms with E-state index in [4.69, 9.17) is 4.74 Å². The van der Waals surface area contributed by atoms with Gasteiger partial charge in [0, 0.05) is 55.3 Å². The zero-order chi connectivity index (χ0) is 30.6. The van der Waals surface area contributed by atoms with Crippen molar-refractivity contribution < 1.29 is 9.53 Å². The van der Waals surface area contributed by atoms with Gasteiger partial charge in [0.1, 0.15) is 17.9 Å². The number of benzene rings is 2. The highest BCUT2D eigenvalue weighted by Gasteiger charge is 2.30. The molecule has 0 atom stereocenters. The van der Waals surface area contributed by atoms with Gasteiger partial charge in [0.2, 0.25) is 5.91 Å². The molecule has 230 valence electrons. The highest BCUT2D eigenvalue weighted by molar-refractivity contribution is 6.02. The molecule has 0 bridgehead atoms. The SMILES string of the molecule is C=CC(=O)Nc1cc(Nc2cc(-c3ccc4[nH]ncc4c3)ncn2)c(OC)cc1N(C)C1CCN(C2CCN(C)CC2)CC1. The fraction of sp³-hybridized carbons (Fsp3) is 0.394. The number of piperidine rings is 2. The second-order valence-corrected chi connectivity index (χ2v) is 11.8. The molecule has 2 aromatic carbocycles. The minimum atomic E-state index is -0.271. The third-order valence-corrected chi connectivity index (χ3v) is 9.06. The highest BCUT2D eigenvalue weighted by atomic mass is 16.5. The molecule has 1 amide bonds. The van der Waals surface area contributed by atoms with E-state index in [0.29, 0.717) is 35.0 Å². The molecule has 44 heavy (non-hydrogen) atoms. The van der Waals surface area contributed by atoms with Gasteiger partial charge in [-0.1, -0.05) is 12.6 Å². The van der Waals surface area contributed by atoms with Crippen molar-refractivity contribution in [3.63, 3.8) is 0 Å². The van der Waals surface area contributed by atoms with Crippen LogP contribution < -0.4 is 20.3 Å². The first-order valence-electron chi connectivity index (χ1n) is 15.2. The lowest BCUT2D eigenvalue weighted by Crippen LogP contribution is -2.50. The Hall–Kier alpha value is -4.48. The van der Waals surface area contributed by atoms with Crippen molar-refractivity contribution in [2.24, 2.45) is 0 Å². The smallest absolute Gasteiger partial charge is 0.247 e. The van der Waals surface area contributed by atoms with Gasteiger partial charge in [-0.05, 0) is 70.1 Å². The molecule has 2 aliphatic heterocycles. The van der Waals surface area contributed by atoms with Crippen LogP contribution in [0.4, 0.5) is 22.9 Å². The number of carbonyl (C=O) groups excluding carboxylic acids is 1. The van der Waals surface area contributed by atoms with E-state index in [9.17, 15) is 4.79 Å². The standard InChI is InChI=1S/C33H41N9O2/c1-5-33(43)38-28-17-29(37-32-18-27(34-21-35-32)22-6-7-26-23(16-22)20-36-39-26)31(44-4)19-30(28)41(3)24-10-14-42(15-11-24)25-8-12-40(2)13-9-25/h5-7,16-21,24-25H,1,8-15H2,2-4H3,(H,36,39)(H,38,43)(H,34,35,37). The normalized spacial score (nSPS) is 17.0. The van der Waals surface area contributed by atoms with Crippen LogP contribution in [0.15, 0.2) is 61.6 Å². The van der Waals surface area contributed by atoms with E-state index in [1.807, 2.05) is 36.4 Å². The topological polar surface area (TPSA) is 115 Å². The molecule has 2 saturated heterocycles. The lowest BCUT2D eigenvalue weighted by molar-refractivity contribution is -0.111. The Labute approximate surface area is 258 Å². The molecule has 0 aliphatic carbocycles. The Bertz CT molecular complexity index is 1620. The summed E-state index contributed by atoms with van der Waals surface area (Å²) in [6.07, 6.45) is 9.23. The fourth-order valence-corrected chi connectivity index (χ4v) is 6.43. The molecule has 2 fully saturated rings. The quantitative estimate of drug-likeness (QED) is 0.233. The second-order valence-electron chi connectivity index (χ2n) is 11.8. The number of H-pyrrole nitrogens is 1. The molecule has 2 aromatic heterocycles. The predicted octanol–water partition coefficient (Wildman–Crippen LogP) is 4.89. The minimum Gasteiger partial charge on any atom is -0.494 e. The maximum Gasteiger partial charge on any atom is 0.247 e. The molecule has 0 saturated carbocycles. The number of aromatic nitrogens is 4. The average Bonchev–Trinajstić information content (AvgIpc) is 3.53. The number of hydrogen-bond donors (Lipinski definition) is 3. The van der Waals surface area contributed by atoms with Gasteiger partial charge in [0.25, 0.3) is 0 Å². The maximum absolute atomic E-state index is 12.5. The Morgan fingerprint density at radius 1 is 1.07 bits per heavy atom. The van der Waals surface area contributed by atoms with E-state index in [2.05, 4.69) is 66.2 Å². The summed E-state index contributed by atoms with van der Waals surface area (Å²) < 4.78 is 5.85. The number of aromatic amines is 1. The molecule has 4 heterocycles. The van der Waals surface area contributed by atoms with Gasteiger partial charge < -0.3 is 30.1 Å². The van der Waals surface area contributed by atoms with Gasteiger partial charge in [0.05, 0.1) is 41.6 Å². The number of rotatable bonds is 9. The number of fused-ring (bicyclic) bond motifs is 1. The molecule has 0 spiro atoms. The summed E-state index contributed by atoms with van der Waals surface area (Å²) >= 11 is 0. The van der Waals surface area contributed by atoms with E-state index in [1.165, 1.54) is 38.3 Å². The number of amides is 1. The molecule has 0 radical (unpaired) electrons. The van der Waals surface area contributed by atoms with Gasteiger partial charge in [-0.25, -0.2) is 9.97 Å². The van der Waals surface area contributed by atoms with Crippen molar-refractivity contribution in [1.29, 1.82) is 0 Å². The number of ether oxygens (including phenoxy) is 1. The van der Waals surface area contributed by atoms with Gasteiger partial charge in [0.15, 0.2) is 0 Å². The molecule has 4 aromatic rings. The van der Waals surface area contributed by atoms with Gasteiger partial charge >= 0.3 is 0 Å². The summed E-state index contributed by atoms with van der Waals surface area (Å²) in [5.41, 5.74) is 4.95. The first-order valence-corrected chi connectivity index (χ1v) is 15.2. The van der Waals surface area contributed by atoms with E-state index in [1.54, 1.807) is 13.3 Å². The predicted molar refractivity (Wildman–Crippen MR) is 176 cm³/mol. The third-order valence-electron chi connectivity index (χ3n) is 9.06. The summed E-state index contributed by atoms with van der Waals surface area (Å²) in [5.74, 6) is 0.975. The summed E-state index contributed by atoms with van der Waals surface area (Å²) in [5, 5.41) is 14.5. The zero-order valence-corrected chi connectivity index (χ0v) is 25.7. The van der Waals surface area contributed by atoms with Crippen molar-refractivity contribution in [2.45, 2.75) is 37.8 Å². The van der Waals surface area contributed by atoms with Crippen LogP contribution in [-0.4, -0.2) is 95.3 Å². The largest absolute Gasteiger partial charge is 0.494 e. The lowest BCUT2D eigenvalue weighted by atomic mass is 9.97. The van der Waals surface area contributed by atoms with Crippen LogP contribution in [-0.2, 0) is 4.79 Å². The third kappa shape index (κ3) is 6.39. The first-order chi connectivity index (χ1) is 21.4. The Morgan fingerprint density at radius 2 is 1.86 bits per heavy atom. The number of nitrogens with one attached hydrogen (secondary N) is 3. The van der Waals surface area contributed by atoms with Gasteiger partial charge in [-0.2, -0.15) is 5.10 Å². The molecule has 3 N–H and O–H groups in total. The number of nitrogens with zero attached hydrogens (tertiary/aromatic N) is 6. The number of hydrogen-bond acceptors (Lipinski definition) is 9. The van der Waals surface area contributed by atoms with Crippen LogP contribution in [0.3, 0.4) is 0 Å². The Morgan fingerprint density at radius 3 is 2.61 bits per heavy atom. The molecular formula is C33H41N9O2. The first kappa shape index (κ1) is 29.6. The lowest BCUT2D eigenvalue weighted by Gasteiger charge is -2.43. The van der Waals surface area contributed by atoms with Crippen molar-refractivity contribution >= 4 is 39.7 Å².